The van der Waals surface area contributed by atoms with Crippen LogP contribution < -0.4 is 10.5 Å². The molecule has 0 amide bonds. The van der Waals surface area contributed by atoms with E-state index in [1.54, 1.807) is 25.1 Å². The number of hydrogen-bond acceptors (Lipinski definition) is 3. The van der Waals surface area contributed by atoms with E-state index in [9.17, 15) is 8.42 Å². The summed E-state index contributed by atoms with van der Waals surface area (Å²) >= 11 is 0. The van der Waals surface area contributed by atoms with Gasteiger partial charge in [-0.3, -0.25) is 0 Å². The first kappa shape index (κ1) is 15.3. The maximum atomic E-state index is 12.5. The van der Waals surface area contributed by atoms with E-state index >= 15 is 0 Å². The zero-order valence-corrected chi connectivity index (χ0v) is 13.2. The Balaban J connectivity index is 2.15. The number of hydrogen-bond donors (Lipinski definition) is 2. The Labute approximate surface area is 121 Å². The van der Waals surface area contributed by atoms with Crippen LogP contribution in [0.3, 0.4) is 0 Å². The average molecular weight is 296 g/mol. The number of rotatable bonds is 3. The molecule has 1 aromatic rings. The van der Waals surface area contributed by atoms with E-state index in [4.69, 9.17) is 5.73 Å². The monoisotopic (exact) mass is 296 g/mol. The zero-order valence-electron chi connectivity index (χ0n) is 12.4. The van der Waals surface area contributed by atoms with Crippen LogP contribution in [0.4, 0.5) is 5.69 Å². The van der Waals surface area contributed by atoms with Crippen LogP contribution in [0.1, 0.15) is 38.7 Å². The minimum absolute atomic E-state index is 0.0446. The summed E-state index contributed by atoms with van der Waals surface area (Å²) in [5.41, 5.74) is 6.95. The Kier molecular flexibility index (Phi) is 4.39. The number of nitrogen functional groups attached to an aromatic ring is 1. The lowest BCUT2D eigenvalue weighted by Gasteiger charge is -2.32. The largest absolute Gasteiger partial charge is 0.399 e. The topological polar surface area (TPSA) is 72.2 Å². The number of benzene rings is 1. The molecular formula is C15H24N2O2S. The maximum Gasteiger partial charge on any atom is 0.241 e. The number of nitrogens with one attached hydrogen (secondary N) is 1. The quantitative estimate of drug-likeness (QED) is 0.842. The van der Waals surface area contributed by atoms with Gasteiger partial charge in [0.25, 0.3) is 0 Å². The summed E-state index contributed by atoms with van der Waals surface area (Å²) in [5, 5.41) is 0. The number of sulfonamides is 1. The molecule has 1 aromatic carbocycles. The summed E-state index contributed by atoms with van der Waals surface area (Å²) in [6, 6.07) is 4.96. The normalized spacial score (nSPS) is 27.4. The molecule has 0 bridgehead atoms. The maximum absolute atomic E-state index is 12.5. The van der Waals surface area contributed by atoms with E-state index in [1.165, 1.54) is 0 Å². The fraction of sp³-hybridized carbons (Fsp3) is 0.600. The first-order chi connectivity index (χ1) is 9.29. The van der Waals surface area contributed by atoms with Crippen molar-refractivity contribution in [2.75, 3.05) is 5.73 Å². The third-order valence-electron chi connectivity index (χ3n) is 4.41. The van der Waals surface area contributed by atoms with Crippen LogP contribution in [-0.2, 0) is 10.0 Å². The van der Waals surface area contributed by atoms with E-state index in [1.807, 2.05) is 0 Å². The summed E-state index contributed by atoms with van der Waals surface area (Å²) < 4.78 is 27.8. The molecule has 1 aliphatic rings. The van der Waals surface area contributed by atoms with Gasteiger partial charge in [-0.2, -0.15) is 0 Å². The molecule has 3 N–H and O–H groups in total. The Morgan fingerprint density at radius 2 is 1.90 bits per heavy atom. The molecule has 112 valence electrons. The molecular weight excluding hydrogens is 272 g/mol. The van der Waals surface area contributed by atoms with Gasteiger partial charge in [-0.25, -0.2) is 13.1 Å². The summed E-state index contributed by atoms with van der Waals surface area (Å²) in [5.74, 6) is 1.23. The Morgan fingerprint density at radius 1 is 1.20 bits per heavy atom. The molecule has 1 fully saturated rings. The Hall–Kier alpha value is -1.07. The van der Waals surface area contributed by atoms with Gasteiger partial charge in [-0.1, -0.05) is 13.8 Å². The third kappa shape index (κ3) is 3.33. The van der Waals surface area contributed by atoms with Crippen LogP contribution in [0, 0.1) is 18.8 Å². The Morgan fingerprint density at radius 3 is 2.50 bits per heavy atom. The summed E-state index contributed by atoms with van der Waals surface area (Å²) in [6.45, 7) is 6.20. The molecule has 20 heavy (non-hydrogen) atoms. The number of nitrogens with two attached hydrogens (primary N) is 1. The fourth-order valence-corrected chi connectivity index (χ4v) is 4.42. The van der Waals surface area contributed by atoms with Gasteiger partial charge in [0, 0.05) is 11.7 Å². The standard InChI is InChI=1S/C15H24N2O2S/c1-10-4-6-14(9-11(10)2)17-20(18,19)15-7-5-13(16)8-12(15)3/h5,7-8,10-11,14,17H,4,6,9,16H2,1-3H3. The molecule has 1 aliphatic carbocycles. The van der Waals surface area contributed by atoms with Crippen molar-refractivity contribution in [1.29, 1.82) is 0 Å². The molecule has 3 unspecified atom stereocenters. The van der Waals surface area contributed by atoms with Crippen molar-refractivity contribution in [2.45, 2.75) is 51.0 Å². The van der Waals surface area contributed by atoms with Gasteiger partial charge in [0.2, 0.25) is 10.0 Å². The second-order valence-electron chi connectivity index (χ2n) is 6.11. The van der Waals surface area contributed by atoms with Crippen molar-refractivity contribution >= 4 is 15.7 Å². The lowest BCUT2D eigenvalue weighted by atomic mass is 9.79. The molecule has 0 aromatic heterocycles. The fourth-order valence-electron chi connectivity index (χ4n) is 2.91. The van der Waals surface area contributed by atoms with Gasteiger partial charge in [-0.15, -0.1) is 0 Å². The Bertz CT molecular complexity index is 584. The second kappa shape index (κ2) is 5.74. The third-order valence-corrected chi connectivity index (χ3v) is 6.09. The van der Waals surface area contributed by atoms with Crippen molar-refractivity contribution in [1.82, 2.24) is 4.72 Å². The van der Waals surface area contributed by atoms with E-state index in [-0.39, 0.29) is 6.04 Å². The van der Waals surface area contributed by atoms with Gasteiger partial charge < -0.3 is 5.73 Å². The summed E-state index contributed by atoms with van der Waals surface area (Å²) in [7, 11) is -3.45. The minimum Gasteiger partial charge on any atom is -0.399 e. The molecule has 0 saturated heterocycles. The van der Waals surface area contributed by atoms with E-state index in [0.717, 1.165) is 19.3 Å². The van der Waals surface area contributed by atoms with Crippen molar-refractivity contribution in [3.05, 3.63) is 23.8 Å². The minimum atomic E-state index is -3.45. The molecule has 2 rings (SSSR count). The van der Waals surface area contributed by atoms with Gasteiger partial charge >= 0.3 is 0 Å². The van der Waals surface area contributed by atoms with E-state index < -0.39 is 10.0 Å². The molecule has 0 radical (unpaired) electrons. The van der Waals surface area contributed by atoms with Crippen molar-refractivity contribution in [3.63, 3.8) is 0 Å². The molecule has 1 saturated carbocycles. The first-order valence-corrected chi connectivity index (χ1v) is 8.66. The van der Waals surface area contributed by atoms with Crippen molar-refractivity contribution in [3.8, 4) is 0 Å². The molecule has 5 heteroatoms. The number of anilines is 1. The predicted octanol–water partition coefficient (Wildman–Crippen LogP) is 2.68. The van der Waals surface area contributed by atoms with Gasteiger partial charge in [0.1, 0.15) is 0 Å². The van der Waals surface area contributed by atoms with Gasteiger partial charge in [-0.05, 0) is 61.8 Å². The van der Waals surface area contributed by atoms with Crippen LogP contribution in [0.25, 0.3) is 0 Å². The smallest absolute Gasteiger partial charge is 0.241 e. The van der Waals surface area contributed by atoms with Crippen LogP contribution in [0.2, 0.25) is 0 Å². The van der Waals surface area contributed by atoms with Gasteiger partial charge in [0.05, 0.1) is 4.90 Å². The van der Waals surface area contributed by atoms with Gasteiger partial charge in [0.15, 0.2) is 0 Å². The van der Waals surface area contributed by atoms with Crippen LogP contribution in [0.15, 0.2) is 23.1 Å². The van der Waals surface area contributed by atoms with Crippen molar-refractivity contribution in [2.24, 2.45) is 11.8 Å². The summed E-state index contributed by atoms with van der Waals surface area (Å²) in [4.78, 5) is 0.331. The molecule has 4 nitrogen and oxygen atoms in total. The van der Waals surface area contributed by atoms with Crippen LogP contribution in [-0.4, -0.2) is 14.5 Å². The average Bonchev–Trinajstić information content (AvgIpc) is 2.33. The highest BCUT2D eigenvalue weighted by molar-refractivity contribution is 7.89. The molecule has 0 spiro atoms. The highest BCUT2D eigenvalue weighted by Crippen LogP contribution is 2.30. The van der Waals surface area contributed by atoms with E-state index in [2.05, 4.69) is 18.6 Å². The van der Waals surface area contributed by atoms with E-state index in [0.29, 0.717) is 28.0 Å². The highest BCUT2D eigenvalue weighted by Gasteiger charge is 2.28. The summed E-state index contributed by atoms with van der Waals surface area (Å²) in [6.07, 6.45) is 2.91. The highest BCUT2D eigenvalue weighted by atomic mass is 32.2. The second-order valence-corrected chi connectivity index (χ2v) is 7.79. The lowest BCUT2D eigenvalue weighted by molar-refractivity contribution is 0.242. The van der Waals surface area contributed by atoms with Crippen LogP contribution >= 0.6 is 0 Å². The lowest BCUT2D eigenvalue weighted by Crippen LogP contribution is -2.40. The number of aryl methyl sites for hydroxylation is 1. The molecule has 3 atom stereocenters. The van der Waals surface area contributed by atoms with Crippen LogP contribution in [0.5, 0.6) is 0 Å². The SMILES string of the molecule is Cc1cc(N)ccc1S(=O)(=O)NC1CCC(C)C(C)C1. The molecule has 0 heterocycles. The first-order valence-electron chi connectivity index (χ1n) is 7.18. The van der Waals surface area contributed by atoms with Crippen molar-refractivity contribution < 1.29 is 8.42 Å². The molecule has 0 aliphatic heterocycles. The zero-order chi connectivity index (χ0) is 14.9. The predicted molar refractivity (Wildman–Crippen MR) is 81.9 cm³/mol.